The molecular weight excluding hydrogens is 382 g/mol. The number of hydrogen-bond acceptors (Lipinski definition) is 3. The molecule has 2 N–H and O–H groups in total. The predicted molar refractivity (Wildman–Crippen MR) is 93.9 cm³/mol. The number of aliphatic carboxylic acids is 1. The lowest BCUT2D eigenvalue weighted by Crippen LogP contribution is -2.33. The summed E-state index contributed by atoms with van der Waals surface area (Å²) in [4.78, 5) is 10.9. The third-order valence-corrected chi connectivity index (χ3v) is 4.00. The van der Waals surface area contributed by atoms with Crippen molar-refractivity contribution in [3.63, 3.8) is 0 Å². The molecule has 0 saturated heterocycles. The van der Waals surface area contributed by atoms with E-state index in [1.54, 1.807) is 6.92 Å². The molecule has 0 spiro atoms. The summed E-state index contributed by atoms with van der Waals surface area (Å²) < 4.78 is 6.77. The molecule has 4 nitrogen and oxygen atoms in total. The number of halogens is 2. The standard InChI is InChI=1S/C17H17BrClNO3/c1-11(17(21)22)20-9-13-8-14(18)5-6-16(13)23-10-12-3-2-4-15(19)7-12/h2-8,11,20H,9-10H2,1H3,(H,21,22). The second-order valence-electron chi connectivity index (χ2n) is 5.11. The van der Waals surface area contributed by atoms with Gasteiger partial charge in [-0.25, -0.2) is 0 Å². The molecule has 0 heterocycles. The van der Waals surface area contributed by atoms with Gasteiger partial charge in [0.25, 0.3) is 0 Å². The first-order valence-electron chi connectivity index (χ1n) is 7.07. The van der Waals surface area contributed by atoms with Crippen molar-refractivity contribution in [1.82, 2.24) is 5.32 Å². The number of rotatable bonds is 7. The minimum Gasteiger partial charge on any atom is -0.489 e. The van der Waals surface area contributed by atoms with Gasteiger partial charge in [0.2, 0.25) is 0 Å². The lowest BCUT2D eigenvalue weighted by molar-refractivity contribution is -0.139. The number of benzene rings is 2. The fraction of sp³-hybridized carbons (Fsp3) is 0.235. The summed E-state index contributed by atoms with van der Waals surface area (Å²) in [5.74, 6) is -0.181. The normalized spacial score (nSPS) is 12.0. The lowest BCUT2D eigenvalue weighted by Gasteiger charge is -2.14. The molecule has 0 aromatic heterocycles. The summed E-state index contributed by atoms with van der Waals surface area (Å²) in [6, 6.07) is 12.5. The maximum Gasteiger partial charge on any atom is 0.320 e. The van der Waals surface area contributed by atoms with Gasteiger partial charge in [-0.3, -0.25) is 4.79 Å². The van der Waals surface area contributed by atoms with Crippen molar-refractivity contribution in [3.05, 3.63) is 63.1 Å². The van der Waals surface area contributed by atoms with Gasteiger partial charge >= 0.3 is 5.97 Å². The molecule has 0 radical (unpaired) electrons. The molecule has 0 fully saturated rings. The van der Waals surface area contributed by atoms with Crippen molar-refractivity contribution in [2.75, 3.05) is 0 Å². The molecule has 6 heteroatoms. The first-order valence-corrected chi connectivity index (χ1v) is 8.24. The second-order valence-corrected chi connectivity index (χ2v) is 6.46. The van der Waals surface area contributed by atoms with E-state index < -0.39 is 12.0 Å². The highest BCUT2D eigenvalue weighted by Gasteiger charge is 2.12. The van der Waals surface area contributed by atoms with Crippen molar-refractivity contribution < 1.29 is 14.6 Å². The van der Waals surface area contributed by atoms with Crippen LogP contribution < -0.4 is 10.1 Å². The van der Waals surface area contributed by atoms with Gasteiger partial charge in [-0.1, -0.05) is 39.7 Å². The van der Waals surface area contributed by atoms with E-state index in [4.69, 9.17) is 21.4 Å². The third-order valence-electron chi connectivity index (χ3n) is 3.28. The van der Waals surface area contributed by atoms with Crippen LogP contribution in [0.25, 0.3) is 0 Å². The number of carbonyl (C=O) groups is 1. The van der Waals surface area contributed by atoms with Gasteiger partial charge in [0, 0.05) is 21.6 Å². The van der Waals surface area contributed by atoms with Gasteiger partial charge in [0.15, 0.2) is 0 Å². The van der Waals surface area contributed by atoms with E-state index in [1.165, 1.54) is 0 Å². The highest BCUT2D eigenvalue weighted by molar-refractivity contribution is 9.10. The van der Waals surface area contributed by atoms with Crippen LogP contribution in [0.5, 0.6) is 5.75 Å². The Morgan fingerprint density at radius 1 is 1.35 bits per heavy atom. The predicted octanol–water partition coefficient (Wildman–Crippen LogP) is 4.24. The molecule has 2 aromatic carbocycles. The van der Waals surface area contributed by atoms with Gasteiger partial charge in [-0.05, 0) is 42.8 Å². The molecule has 0 aliphatic carbocycles. The molecule has 1 unspecified atom stereocenters. The molecule has 122 valence electrons. The van der Waals surface area contributed by atoms with Crippen LogP contribution in [0.4, 0.5) is 0 Å². The Morgan fingerprint density at radius 2 is 2.13 bits per heavy atom. The summed E-state index contributed by atoms with van der Waals surface area (Å²) in [7, 11) is 0. The zero-order valence-electron chi connectivity index (χ0n) is 12.6. The third kappa shape index (κ3) is 5.53. The number of ether oxygens (including phenoxy) is 1. The van der Waals surface area contributed by atoms with Gasteiger partial charge < -0.3 is 15.2 Å². The van der Waals surface area contributed by atoms with Crippen LogP contribution in [0.15, 0.2) is 46.9 Å². The first-order chi connectivity index (χ1) is 11.0. The maximum absolute atomic E-state index is 10.9. The highest BCUT2D eigenvalue weighted by atomic mass is 79.9. The van der Waals surface area contributed by atoms with E-state index in [1.807, 2.05) is 42.5 Å². The second kappa shape index (κ2) is 8.34. The van der Waals surface area contributed by atoms with Crippen molar-refractivity contribution in [2.45, 2.75) is 26.1 Å². The van der Waals surface area contributed by atoms with E-state index in [2.05, 4.69) is 21.2 Å². The summed E-state index contributed by atoms with van der Waals surface area (Å²) in [5.41, 5.74) is 1.85. The largest absolute Gasteiger partial charge is 0.489 e. The average Bonchev–Trinajstić information content (AvgIpc) is 2.51. The minimum atomic E-state index is -0.888. The average molecular weight is 399 g/mol. The maximum atomic E-state index is 10.9. The summed E-state index contributed by atoms with van der Waals surface area (Å²) >= 11 is 9.39. The summed E-state index contributed by atoms with van der Waals surface area (Å²) in [6.45, 7) is 2.40. The van der Waals surface area contributed by atoms with Gasteiger partial charge in [-0.2, -0.15) is 0 Å². The summed E-state index contributed by atoms with van der Waals surface area (Å²) in [6.07, 6.45) is 0. The van der Waals surface area contributed by atoms with E-state index in [9.17, 15) is 4.79 Å². The molecule has 0 saturated carbocycles. The number of carboxylic acids is 1. The highest BCUT2D eigenvalue weighted by Crippen LogP contribution is 2.24. The Morgan fingerprint density at radius 3 is 2.83 bits per heavy atom. The number of carboxylic acid groups (broad SMARTS) is 1. The van der Waals surface area contributed by atoms with Crippen LogP contribution in [-0.2, 0) is 17.9 Å². The van der Waals surface area contributed by atoms with Crippen molar-refractivity contribution >= 4 is 33.5 Å². The smallest absolute Gasteiger partial charge is 0.320 e. The molecule has 0 amide bonds. The molecule has 1 atom stereocenters. The molecule has 2 aromatic rings. The zero-order valence-corrected chi connectivity index (χ0v) is 14.9. The van der Waals surface area contributed by atoms with Crippen LogP contribution in [0.1, 0.15) is 18.1 Å². The van der Waals surface area contributed by atoms with Crippen molar-refractivity contribution in [3.8, 4) is 5.75 Å². The van der Waals surface area contributed by atoms with Gasteiger partial charge in [0.05, 0.1) is 0 Å². The van der Waals surface area contributed by atoms with Crippen molar-refractivity contribution in [1.29, 1.82) is 0 Å². The minimum absolute atomic E-state index is 0.393. The molecule has 0 bridgehead atoms. The van der Waals surface area contributed by atoms with Crippen molar-refractivity contribution in [2.24, 2.45) is 0 Å². The Kier molecular flexibility index (Phi) is 6.45. The van der Waals surface area contributed by atoms with Crippen LogP contribution >= 0.6 is 27.5 Å². The van der Waals surface area contributed by atoms with E-state index in [0.29, 0.717) is 23.9 Å². The number of nitrogens with one attached hydrogen (secondary N) is 1. The van der Waals surface area contributed by atoms with E-state index in [0.717, 1.165) is 15.6 Å². The van der Waals surface area contributed by atoms with Gasteiger partial charge in [-0.15, -0.1) is 0 Å². The monoisotopic (exact) mass is 397 g/mol. The first kappa shape index (κ1) is 17.8. The van der Waals surface area contributed by atoms with Crippen LogP contribution in [-0.4, -0.2) is 17.1 Å². The molecular formula is C17H17BrClNO3. The van der Waals surface area contributed by atoms with E-state index >= 15 is 0 Å². The lowest BCUT2D eigenvalue weighted by atomic mass is 10.2. The van der Waals surface area contributed by atoms with Gasteiger partial charge in [0.1, 0.15) is 18.4 Å². The number of hydrogen-bond donors (Lipinski definition) is 2. The fourth-order valence-corrected chi connectivity index (χ4v) is 2.59. The Hall–Kier alpha value is -1.56. The van der Waals surface area contributed by atoms with Crippen LogP contribution in [0.3, 0.4) is 0 Å². The van der Waals surface area contributed by atoms with Crippen LogP contribution in [0.2, 0.25) is 5.02 Å². The molecule has 2 rings (SSSR count). The zero-order chi connectivity index (χ0) is 16.8. The Labute approximate surface area is 148 Å². The Balaban J connectivity index is 2.07. The molecule has 0 aliphatic rings. The van der Waals surface area contributed by atoms with E-state index in [-0.39, 0.29) is 0 Å². The molecule has 23 heavy (non-hydrogen) atoms. The quantitative estimate of drug-likeness (QED) is 0.732. The Bertz CT molecular complexity index is 693. The fourth-order valence-electron chi connectivity index (χ4n) is 1.97. The SMILES string of the molecule is CC(NCc1cc(Br)ccc1OCc1cccc(Cl)c1)C(=O)O. The summed E-state index contributed by atoms with van der Waals surface area (Å²) in [5, 5.41) is 12.6. The topological polar surface area (TPSA) is 58.6 Å². The van der Waals surface area contributed by atoms with Crippen LogP contribution in [0, 0.1) is 0 Å². The molecule has 0 aliphatic heterocycles.